The summed E-state index contributed by atoms with van der Waals surface area (Å²) in [5.74, 6) is 0.352. The second-order valence-electron chi connectivity index (χ2n) is 4.96. The van der Waals surface area contributed by atoms with Crippen LogP contribution in [0.2, 0.25) is 0 Å². The Balaban J connectivity index is 3.14. The third kappa shape index (κ3) is 1.58. The molecule has 1 unspecified atom stereocenters. The van der Waals surface area contributed by atoms with Crippen molar-refractivity contribution in [2.24, 2.45) is 11.3 Å². The average Bonchev–Trinajstić information content (AvgIpc) is 2.26. The van der Waals surface area contributed by atoms with E-state index in [4.69, 9.17) is 4.74 Å². The predicted molar refractivity (Wildman–Crippen MR) is 56.9 cm³/mol. The lowest BCUT2D eigenvalue weighted by atomic mass is 9.72. The standard InChI is InChI=1S/C12H20O2/c1-7(2)12(5,6)10-8(3)11(13)14-9(10)4/h7,9H,1-6H3. The zero-order valence-corrected chi connectivity index (χ0v) is 9.97. The molecule has 0 aliphatic carbocycles. The van der Waals surface area contributed by atoms with Crippen molar-refractivity contribution in [2.45, 2.75) is 47.6 Å². The monoisotopic (exact) mass is 196 g/mol. The summed E-state index contributed by atoms with van der Waals surface area (Å²) in [5, 5.41) is 0. The molecule has 1 heterocycles. The first-order chi connectivity index (χ1) is 6.28. The molecule has 1 aliphatic heterocycles. The minimum Gasteiger partial charge on any atom is -0.455 e. The fraction of sp³-hybridized carbons (Fsp3) is 0.750. The largest absolute Gasteiger partial charge is 0.455 e. The second kappa shape index (κ2) is 3.41. The Labute approximate surface area is 86.3 Å². The molecule has 2 heteroatoms. The highest BCUT2D eigenvalue weighted by Crippen LogP contribution is 2.42. The van der Waals surface area contributed by atoms with E-state index in [2.05, 4.69) is 27.7 Å². The van der Waals surface area contributed by atoms with Gasteiger partial charge in [-0.1, -0.05) is 27.7 Å². The Kier molecular flexibility index (Phi) is 2.75. The second-order valence-corrected chi connectivity index (χ2v) is 4.96. The molecule has 0 aromatic heterocycles. The van der Waals surface area contributed by atoms with Crippen LogP contribution in [0.5, 0.6) is 0 Å². The van der Waals surface area contributed by atoms with E-state index >= 15 is 0 Å². The van der Waals surface area contributed by atoms with Crippen LogP contribution in [0.4, 0.5) is 0 Å². The minimum absolute atomic E-state index is 0.0374. The van der Waals surface area contributed by atoms with Crippen molar-refractivity contribution < 1.29 is 9.53 Å². The van der Waals surface area contributed by atoms with Gasteiger partial charge in [0.15, 0.2) is 0 Å². The summed E-state index contributed by atoms with van der Waals surface area (Å²) in [6, 6.07) is 0. The van der Waals surface area contributed by atoms with Crippen LogP contribution in [0.3, 0.4) is 0 Å². The molecule has 2 nitrogen and oxygen atoms in total. The smallest absolute Gasteiger partial charge is 0.334 e. The highest BCUT2D eigenvalue weighted by molar-refractivity contribution is 5.91. The van der Waals surface area contributed by atoms with E-state index in [1.54, 1.807) is 0 Å². The van der Waals surface area contributed by atoms with E-state index in [-0.39, 0.29) is 17.5 Å². The number of rotatable bonds is 2. The Bertz CT molecular complexity index is 285. The molecule has 0 aromatic carbocycles. The normalized spacial score (nSPS) is 23.4. The highest BCUT2D eigenvalue weighted by atomic mass is 16.5. The first-order valence-electron chi connectivity index (χ1n) is 5.20. The molecule has 14 heavy (non-hydrogen) atoms. The molecule has 0 radical (unpaired) electrons. The van der Waals surface area contributed by atoms with Crippen LogP contribution in [-0.2, 0) is 9.53 Å². The van der Waals surface area contributed by atoms with Crippen LogP contribution in [-0.4, -0.2) is 12.1 Å². The summed E-state index contributed by atoms with van der Waals surface area (Å²) in [4.78, 5) is 11.4. The fourth-order valence-electron chi connectivity index (χ4n) is 2.04. The van der Waals surface area contributed by atoms with Crippen molar-refractivity contribution in [1.29, 1.82) is 0 Å². The summed E-state index contributed by atoms with van der Waals surface area (Å²) in [6.45, 7) is 12.5. The molecule has 0 saturated heterocycles. The SMILES string of the molecule is CC1=C(C(C)(C)C(C)C)C(C)OC1=O. The lowest BCUT2D eigenvalue weighted by molar-refractivity contribution is -0.139. The molecule has 0 spiro atoms. The van der Waals surface area contributed by atoms with Crippen molar-refractivity contribution >= 4 is 5.97 Å². The summed E-state index contributed by atoms with van der Waals surface area (Å²) >= 11 is 0. The van der Waals surface area contributed by atoms with Gasteiger partial charge in [0.25, 0.3) is 0 Å². The molecule has 1 atom stereocenters. The van der Waals surface area contributed by atoms with Crippen LogP contribution in [0.15, 0.2) is 11.1 Å². The maximum Gasteiger partial charge on any atom is 0.334 e. The van der Waals surface area contributed by atoms with Crippen LogP contribution in [0.1, 0.15) is 41.5 Å². The van der Waals surface area contributed by atoms with Crippen molar-refractivity contribution in [2.75, 3.05) is 0 Å². The molecular formula is C12H20O2. The molecule has 80 valence electrons. The number of hydrogen-bond acceptors (Lipinski definition) is 2. The van der Waals surface area contributed by atoms with E-state index in [0.717, 1.165) is 11.1 Å². The van der Waals surface area contributed by atoms with Crippen molar-refractivity contribution in [3.63, 3.8) is 0 Å². The van der Waals surface area contributed by atoms with Gasteiger partial charge in [-0.3, -0.25) is 0 Å². The first-order valence-corrected chi connectivity index (χ1v) is 5.20. The maximum absolute atomic E-state index is 11.4. The number of carbonyl (C=O) groups is 1. The van der Waals surface area contributed by atoms with Gasteiger partial charge >= 0.3 is 5.97 Å². The quantitative estimate of drug-likeness (QED) is 0.635. The molecule has 0 N–H and O–H groups in total. The lowest BCUT2D eigenvalue weighted by Crippen LogP contribution is -2.27. The first kappa shape index (κ1) is 11.3. The molecule has 1 rings (SSSR count). The Morgan fingerprint density at radius 2 is 1.86 bits per heavy atom. The Morgan fingerprint density at radius 3 is 2.14 bits per heavy atom. The number of carbonyl (C=O) groups excluding carboxylic acids is 1. The number of ether oxygens (including phenoxy) is 1. The van der Waals surface area contributed by atoms with Gasteiger partial charge in [-0.25, -0.2) is 4.79 Å². The number of esters is 1. The molecule has 0 fully saturated rings. The van der Waals surface area contributed by atoms with Gasteiger partial charge in [-0.2, -0.15) is 0 Å². The topological polar surface area (TPSA) is 26.3 Å². The minimum atomic E-state index is -0.152. The maximum atomic E-state index is 11.4. The zero-order valence-electron chi connectivity index (χ0n) is 9.97. The van der Waals surface area contributed by atoms with Gasteiger partial charge < -0.3 is 4.74 Å². The van der Waals surface area contributed by atoms with Crippen LogP contribution in [0.25, 0.3) is 0 Å². The molecular weight excluding hydrogens is 176 g/mol. The zero-order chi connectivity index (χ0) is 11.1. The van der Waals surface area contributed by atoms with Gasteiger partial charge in [0.05, 0.1) is 0 Å². The van der Waals surface area contributed by atoms with E-state index in [1.165, 1.54) is 0 Å². The van der Waals surface area contributed by atoms with E-state index < -0.39 is 0 Å². The predicted octanol–water partition coefficient (Wildman–Crippen LogP) is 2.93. The van der Waals surface area contributed by atoms with Gasteiger partial charge in [0.2, 0.25) is 0 Å². The highest BCUT2D eigenvalue weighted by Gasteiger charge is 2.39. The van der Waals surface area contributed by atoms with Gasteiger partial charge in [-0.05, 0) is 30.8 Å². The molecule has 1 aliphatic rings. The van der Waals surface area contributed by atoms with Crippen LogP contribution in [0, 0.1) is 11.3 Å². The number of cyclic esters (lactones) is 1. The average molecular weight is 196 g/mol. The van der Waals surface area contributed by atoms with Crippen LogP contribution < -0.4 is 0 Å². The van der Waals surface area contributed by atoms with Crippen molar-refractivity contribution in [1.82, 2.24) is 0 Å². The van der Waals surface area contributed by atoms with Gasteiger partial charge in [-0.15, -0.1) is 0 Å². The lowest BCUT2D eigenvalue weighted by Gasteiger charge is -2.32. The third-order valence-corrected chi connectivity index (χ3v) is 3.54. The van der Waals surface area contributed by atoms with Gasteiger partial charge in [0, 0.05) is 5.57 Å². The van der Waals surface area contributed by atoms with Crippen molar-refractivity contribution in [3.05, 3.63) is 11.1 Å². The summed E-state index contributed by atoms with van der Waals surface area (Å²) in [6.07, 6.45) is -0.0556. The van der Waals surface area contributed by atoms with Gasteiger partial charge in [0.1, 0.15) is 6.10 Å². The summed E-state index contributed by atoms with van der Waals surface area (Å²) in [7, 11) is 0. The molecule has 0 amide bonds. The van der Waals surface area contributed by atoms with Crippen molar-refractivity contribution in [3.8, 4) is 0 Å². The third-order valence-electron chi connectivity index (χ3n) is 3.54. The molecule has 0 saturated carbocycles. The Hall–Kier alpha value is -0.790. The summed E-state index contributed by atoms with van der Waals surface area (Å²) in [5.41, 5.74) is 2.00. The fourth-order valence-corrected chi connectivity index (χ4v) is 2.04. The Morgan fingerprint density at radius 1 is 1.36 bits per heavy atom. The molecule has 0 bridgehead atoms. The number of hydrogen-bond donors (Lipinski definition) is 0. The van der Waals surface area contributed by atoms with E-state index in [1.807, 2.05) is 13.8 Å². The van der Waals surface area contributed by atoms with E-state index in [0.29, 0.717) is 5.92 Å². The van der Waals surface area contributed by atoms with E-state index in [9.17, 15) is 4.79 Å². The van der Waals surface area contributed by atoms with Crippen LogP contribution >= 0.6 is 0 Å². The summed E-state index contributed by atoms with van der Waals surface area (Å²) < 4.78 is 5.21. The molecule has 0 aromatic rings.